The fraction of sp³-hybridized carbons (Fsp3) is 0.474. The van der Waals surface area contributed by atoms with Crippen molar-refractivity contribution in [3.63, 3.8) is 0 Å². The summed E-state index contributed by atoms with van der Waals surface area (Å²) in [4.78, 5) is 11.5. The number of thiophene rings is 1. The Balaban J connectivity index is 2.03. The van der Waals surface area contributed by atoms with Gasteiger partial charge in [-0.2, -0.15) is 11.3 Å². The minimum absolute atomic E-state index is 0.347. The molecule has 0 aliphatic carbocycles. The van der Waals surface area contributed by atoms with Crippen LogP contribution in [0.25, 0.3) is 0 Å². The van der Waals surface area contributed by atoms with Crippen molar-refractivity contribution in [1.29, 1.82) is 0 Å². The van der Waals surface area contributed by atoms with Crippen molar-refractivity contribution in [2.45, 2.75) is 33.4 Å². The van der Waals surface area contributed by atoms with Crippen LogP contribution in [0.4, 0.5) is 0 Å². The molecule has 0 aromatic carbocycles. The Morgan fingerprint density at radius 3 is 2.64 bits per heavy atom. The van der Waals surface area contributed by atoms with Gasteiger partial charge in [0.25, 0.3) is 0 Å². The SMILES string of the molecule is CCNC(=NCc1ccccn1)NCC(c1ccsc1)N(CC)CC. The molecular weight excluding hydrogens is 330 g/mol. The predicted octanol–water partition coefficient (Wildman–Crippen LogP) is 3.28. The number of guanidine groups is 1. The zero-order valence-electron chi connectivity index (χ0n) is 15.4. The number of nitrogens with one attached hydrogen (secondary N) is 2. The van der Waals surface area contributed by atoms with Crippen LogP contribution >= 0.6 is 11.3 Å². The summed E-state index contributed by atoms with van der Waals surface area (Å²) in [6.07, 6.45) is 1.80. The van der Waals surface area contributed by atoms with Gasteiger partial charge >= 0.3 is 0 Å². The van der Waals surface area contributed by atoms with Crippen LogP contribution in [0.5, 0.6) is 0 Å². The van der Waals surface area contributed by atoms with Crippen molar-refractivity contribution in [3.05, 3.63) is 52.5 Å². The lowest BCUT2D eigenvalue weighted by Gasteiger charge is -2.30. The van der Waals surface area contributed by atoms with E-state index in [0.29, 0.717) is 12.6 Å². The number of rotatable bonds is 9. The molecule has 2 aromatic rings. The normalized spacial score (nSPS) is 13.0. The molecule has 1 atom stereocenters. The van der Waals surface area contributed by atoms with Gasteiger partial charge in [0.15, 0.2) is 5.96 Å². The lowest BCUT2D eigenvalue weighted by Crippen LogP contribution is -2.43. The lowest BCUT2D eigenvalue weighted by atomic mass is 10.1. The van der Waals surface area contributed by atoms with Crippen molar-refractivity contribution in [1.82, 2.24) is 20.5 Å². The first-order valence-corrected chi connectivity index (χ1v) is 9.90. The first-order valence-electron chi connectivity index (χ1n) is 8.96. The van der Waals surface area contributed by atoms with Gasteiger partial charge in [0, 0.05) is 19.3 Å². The van der Waals surface area contributed by atoms with Crippen LogP contribution in [0.2, 0.25) is 0 Å². The maximum atomic E-state index is 4.66. The molecular formula is C19H29N5S. The summed E-state index contributed by atoms with van der Waals surface area (Å²) < 4.78 is 0. The van der Waals surface area contributed by atoms with Crippen LogP contribution in [-0.4, -0.2) is 42.0 Å². The molecule has 0 radical (unpaired) electrons. The van der Waals surface area contributed by atoms with Gasteiger partial charge in [0.2, 0.25) is 0 Å². The average Bonchev–Trinajstić information content (AvgIpc) is 3.18. The highest BCUT2D eigenvalue weighted by Gasteiger charge is 2.18. The molecule has 0 bridgehead atoms. The second kappa shape index (κ2) is 10.8. The van der Waals surface area contributed by atoms with Crippen LogP contribution < -0.4 is 10.6 Å². The summed E-state index contributed by atoms with van der Waals surface area (Å²) in [5.74, 6) is 0.834. The minimum Gasteiger partial charge on any atom is -0.357 e. The molecule has 0 aliphatic rings. The van der Waals surface area contributed by atoms with Crippen LogP contribution in [0.3, 0.4) is 0 Å². The van der Waals surface area contributed by atoms with Gasteiger partial charge in [-0.15, -0.1) is 0 Å². The summed E-state index contributed by atoms with van der Waals surface area (Å²) in [5, 5.41) is 11.2. The Hall–Kier alpha value is -1.92. The summed E-state index contributed by atoms with van der Waals surface area (Å²) >= 11 is 1.75. The van der Waals surface area contributed by atoms with E-state index < -0.39 is 0 Å². The number of likely N-dealkylation sites (N-methyl/N-ethyl adjacent to an activating group) is 1. The van der Waals surface area contributed by atoms with E-state index in [-0.39, 0.29) is 0 Å². The first-order chi connectivity index (χ1) is 12.3. The monoisotopic (exact) mass is 359 g/mol. The van der Waals surface area contributed by atoms with E-state index in [1.807, 2.05) is 18.2 Å². The van der Waals surface area contributed by atoms with E-state index in [2.05, 4.69) is 63.1 Å². The highest BCUT2D eigenvalue weighted by atomic mass is 32.1. The Morgan fingerprint density at radius 1 is 1.20 bits per heavy atom. The van der Waals surface area contributed by atoms with Crippen LogP contribution in [0.1, 0.15) is 38.1 Å². The van der Waals surface area contributed by atoms with Crippen molar-refractivity contribution in [2.24, 2.45) is 4.99 Å². The maximum absolute atomic E-state index is 4.66. The van der Waals surface area contributed by atoms with Crippen molar-refractivity contribution < 1.29 is 0 Å². The molecule has 2 N–H and O–H groups in total. The zero-order chi connectivity index (χ0) is 17.9. The second-order valence-electron chi connectivity index (χ2n) is 5.69. The van der Waals surface area contributed by atoms with Gasteiger partial charge in [0.05, 0.1) is 18.3 Å². The van der Waals surface area contributed by atoms with Crippen LogP contribution in [-0.2, 0) is 6.54 Å². The van der Waals surface area contributed by atoms with E-state index in [0.717, 1.165) is 37.8 Å². The number of hydrogen-bond donors (Lipinski definition) is 2. The number of aliphatic imine (C=N–C) groups is 1. The molecule has 0 fully saturated rings. The highest BCUT2D eigenvalue weighted by molar-refractivity contribution is 7.07. The number of pyridine rings is 1. The quantitative estimate of drug-likeness (QED) is 0.533. The van der Waals surface area contributed by atoms with E-state index >= 15 is 0 Å². The molecule has 25 heavy (non-hydrogen) atoms. The first kappa shape index (κ1) is 19.4. The molecule has 0 aliphatic heterocycles. The van der Waals surface area contributed by atoms with Crippen molar-refractivity contribution >= 4 is 17.3 Å². The molecule has 2 heterocycles. The lowest BCUT2D eigenvalue weighted by molar-refractivity contribution is 0.219. The van der Waals surface area contributed by atoms with Gasteiger partial charge in [-0.1, -0.05) is 19.9 Å². The topological polar surface area (TPSA) is 52.6 Å². The smallest absolute Gasteiger partial charge is 0.191 e. The molecule has 5 nitrogen and oxygen atoms in total. The highest BCUT2D eigenvalue weighted by Crippen LogP contribution is 2.22. The number of aromatic nitrogens is 1. The number of nitrogens with zero attached hydrogens (tertiary/aromatic N) is 3. The third-order valence-electron chi connectivity index (χ3n) is 4.11. The van der Waals surface area contributed by atoms with E-state index in [1.54, 1.807) is 17.5 Å². The molecule has 2 aromatic heterocycles. The Kier molecular flexibility index (Phi) is 8.42. The molecule has 136 valence electrons. The average molecular weight is 360 g/mol. The molecule has 0 spiro atoms. The molecule has 1 unspecified atom stereocenters. The summed E-state index contributed by atoms with van der Waals surface area (Å²) in [6.45, 7) is 10.8. The minimum atomic E-state index is 0.347. The molecule has 6 heteroatoms. The standard InChI is InChI=1S/C19H29N5S/c1-4-20-19(22-13-17-9-7-8-11-21-17)23-14-18(24(5-2)6-3)16-10-12-25-15-16/h7-12,15,18H,4-6,13-14H2,1-3H3,(H2,20,22,23). The largest absolute Gasteiger partial charge is 0.357 e. The fourth-order valence-corrected chi connectivity index (χ4v) is 3.48. The van der Waals surface area contributed by atoms with Crippen LogP contribution in [0, 0.1) is 0 Å². The predicted molar refractivity (Wildman–Crippen MR) is 107 cm³/mol. The third-order valence-corrected chi connectivity index (χ3v) is 4.81. The van der Waals surface area contributed by atoms with E-state index in [1.165, 1.54) is 5.56 Å². The van der Waals surface area contributed by atoms with E-state index in [9.17, 15) is 0 Å². The van der Waals surface area contributed by atoms with E-state index in [4.69, 9.17) is 0 Å². The Bertz CT molecular complexity index is 608. The summed E-state index contributed by atoms with van der Waals surface area (Å²) in [7, 11) is 0. The van der Waals surface area contributed by atoms with Gasteiger partial charge in [0.1, 0.15) is 0 Å². The second-order valence-corrected chi connectivity index (χ2v) is 6.47. The zero-order valence-corrected chi connectivity index (χ0v) is 16.2. The van der Waals surface area contributed by atoms with Gasteiger partial charge in [-0.3, -0.25) is 9.88 Å². The molecule has 0 amide bonds. The molecule has 0 saturated heterocycles. The van der Waals surface area contributed by atoms with Crippen molar-refractivity contribution in [3.8, 4) is 0 Å². The van der Waals surface area contributed by atoms with Gasteiger partial charge in [-0.05, 0) is 54.5 Å². The van der Waals surface area contributed by atoms with Gasteiger partial charge < -0.3 is 10.6 Å². The van der Waals surface area contributed by atoms with Crippen LogP contribution in [0.15, 0.2) is 46.2 Å². The third kappa shape index (κ3) is 6.14. The maximum Gasteiger partial charge on any atom is 0.191 e. The van der Waals surface area contributed by atoms with Gasteiger partial charge in [-0.25, -0.2) is 4.99 Å². The Labute approximate surface area is 155 Å². The number of hydrogen-bond acceptors (Lipinski definition) is 4. The van der Waals surface area contributed by atoms with Crippen molar-refractivity contribution in [2.75, 3.05) is 26.2 Å². The molecule has 2 rings (SSSR count). The summed E-state index contributed by atoms with van der Waals surface area (Å²) in [5.41, 5.74) is 2.33. The Morgan fingerprint density at radius 2 is 2.04 bits per heavy atom. The fourth-order valence-electron chi connectivity index (χ4n) is 2.77. The molecule has 0 saturated carbocycles. The summed E-state index contributed by atoms with van der Waals surface area (Å²) in [6, 6.07) is 8.47.